The van der Waals surface area contributed by atoms with Gasteiger partial charge in [0.05, 0.1) is 18.2 Å². The van der Waals surface area contributed by atoms with Crippen molar-refractivity contribution in [2.24, 2.45) is 0 Å². The summed E-state index contributed by atoms with van der Waals surface area (Å²) in [5.41, 5.74) is -0.238. The van der Waals surface area contributed by atoms with Crippen LogP contribution in [0.25, 0.3) is 0 Å². The molecular formula is C17H26N8O2. The van der Waals surface area contributed by atoms with Gasteiger partial charge in [0.1, 0.15) is 5.82 Å². The molecule has 4 heterocycles. The fourth-order valence-corrected chi connectivity index (χ4v) is 3.72. The predicted octanol–water partition coefficient (Wildman–Crippen LogP) is 0.514. The van der Waals surface area contributed by atoms with Crippen LogP contribution >= 0.6 is 0 Å². The Bertz CT molecular complexity index is 827. The van der Waals surface area contributed by atoms with Crippen molar-refractivity contribution in [1.82, 2.24) is 35.3 Å². The first-order valence-electron chi connectivity index (χ1n) is 9.40. The van der Waals surface area contributed by atoms with Crippen molar-refractivity contribution >= 4 is 11.9 Å². The van der Waals surface area contributed by atoms with E-state index in [0.29, 0.717) is 26.0 Å². The second-order valence-corrected chi connectivity index (χ2v) is 7.79. The molecule has 27 heavy (non-hydrogen) atoms. The van der Waals surface area contributed by atoms with Crippen LogP contribution < -0.4 is 10.2 Å². The Balaban J connectivity index is 1.61. The summed E-state index contributed by atoms with van der Waals surface area (Å²) in [5.74, 6) is 3.23. The maximum Gasteiger partial charge on any atom is 0.227 e. The maximum atomic E-state index is 11.7. The fraction of sp³-hybridized carbons (Fsp3) is 0.706. The standard InChI is InChI=1S/C17H26N8O2/c1-11-18-13(21-20-11)6-7-25-15(12-4-5-14(26)19-12)22-23-16(25)24-8-9-27-17(2,3)10-24/h12H,4-10H2,1-3H3,(H,19,26)(H,18,20,21). The third-order valence-corrected chi connectivity index (χ3v) is 4.98. The third kappa shape index (κ3) is 3.80. The topological polar surface area (TPSA) is 114 Å². The monoisotopic (exact) mass is 374 g/mol. The first-order valence-corrected chi connectivity index (χ1v) is 9.40. The normalized spacial score (nSPS) is 22.3. The average molecular weight is 374 g/mol. The van der Waals surface area contributed by atoms with Crippen molar-refractivity contribution < 1.29 is 9.53 Å². The molecule has 10 heteroatoms. The van der Waals surface area contributed by atoms with E-state index in [0.717, 1.165) is 42.9 Å². The van der Waals surface area contributed by atoms with Gasteiger partial charge in [-0.15, -0.1) is 10.2 Å². The number of rotatable bonds is 5. The molecule has 0 radical (unpaired) electrons. The maximum absolute atomic E-state index is 11.7. The number of aryl methyl sites for hydroxylation is 2. The largest absolute Gasteiger partial charge is 0.372 e. The van der Waals surface area contributed by atoms with Gasteiger partial charge in [0.25, 0.3) is 0 Å². The van der Waals surface area contributed by atoms with Crippen LogP contribution in [0.4, 0.5) is 5.95 Å². The number of nitrogens with one attached hydrogen (secondary N) is 2. The molecule has 0 saturated carbocycles. The summed E-state index contributed by atoms with van der Waals surface area (Å²) in [6.07, 6.45) is 1.93. The highest BCUT2D eigenvalue weighted by Crippen LogP contribution is 2.28. The molecule has 2 aromatic heterocycles. The van der Waals surface area contributed by atoms with Gasteiger partial charge in [0.15, 0.2) is 11.6 Å². The zero-order valence-corrected chi connectivity index (χ0v) is 16.0. The zero-order chi connectivity index (χ0) is 19.0. The number of amides is 1. The molecule has 0 spiro atoms. The van der Waals surface area contributed by atoms with E-state index < -0.39 is 0 Å². The summed E-state index contributed by atoms with van der Waals surface area (Å²) in [7, 11) is 0. The molecule has 2 saturated heterocycles. The number of H-pyrrole nitrogens is 1. The van der Waals surface area contributed by atoms with Crippen LogP contribution in [0.1, 0.15) is 50.2 Å². The highest BCUT2D eigenvalue weighted by Gasteiger charge is 2.33. The molecular weight excluding hydrogens is 348 g/mol. The predicted molar refractivity (Wildman–Crippen MR) is 97.2 cm³/mol. The van der Waals surface area contributed by atoms with E-state index in [1.54, 1.807) is 0 Å². The summed E-state index contributed by atoms with van der Waals surface area (Å²) in [4.78, 5) is 18.3. The molecule has 4 rings (SSSR count). The zero-order valence-electron chi connectivity index (χ0n) is 16.0. The van der Waals surface area contributed by atoms with E-state index in [1.807, 2.05) is 6.92 Å². The summed E-state index contributed by atoms with van der Waals surface area (Å²) < 4.78 is 7.93. The highest BCUT2D eigenvalue weighted by atomic mass is 16.5. The van der Waals surface area contributed by atoms with E-state index in [-0.39, 0.29) is 17.6 Å². The summed E-state index contributed by atoms with van der Waals surface area (Å²) >= 11 is 0. The number of nitrogens with zero attached hydrogens (tertiary/aromatic N) is 6. The lowest BCUT2D eigenvalue weighted by Gasteiger charge is -2.38. The van der Waals surface area contributed by atoms with Crippen LogP contribution in [0.2, 0.25) is 0 Å². The van der Waals surface area contributed by atoms with Crippen molar-refractivity contribution in [2.45, 2.75) is 58.2 Å². The van der Waals surface area contributed by atoms with Gasteiger partial charge in [-0.3, -0.25) is 14.5 Å². The van der Waals surface area contributed by atoms with Crippen molar-refractivity contribution in [1.29, 1.82) is 0 Å². The Morgan fingerprint density at radius 2 is 2.19 bits per heavy atom. The number of hydrogen-bond acceptors (Lipinski definition) is 7. The first-order chi connectivity index (χ1) is 12.9. The number of carbonyl (C=O) groups is 1. The van der Waals surface area contributed by atoms with Gasteiger partial charge in [-0.05, 0) is 27.2 Å². The lowest BCUT2D eigenvalue weighted by atomic mass is 10.1. The second kappa shape index (κ2) is 6.91. The van der Waals surface area contributed by atoms with Gasteiger partial charge in [-0.1, -0.05) is 0 Å². The highest BCUT2D eigenvalue weighted by molar-refractivity contribution is 5.78. The number of morpholine rings is 1. The van der Waals surface area contributed by atoms with Gasteiger partial charge < -0.3 is 15.0 Å². The number of anilines is 1. The third-order valence-electron chi connectivity index (χ3n) is 4.98. The summed E-state index contributed by atoms with van der Waals surface area (Å²) in [6.45, 7) is 8.84. The fourth-order valence-electron chi connectivity index (χ4n) is 3.72. The average Bonchev–Trinajstić information content (AvgIpc) is 3.31. The van der Waals surface area contributed by atoms with Crippen molar-refractivity contribution in [3.8, 4) is 0 Å². The molecule has 10 nitrogen and oxygen atoms in total. The Morgan fingerprint density at radius 3 is 2.85 bits per heavy atom. The van der Waals surface area contributed by atoms with E-state index in [2.05, 4.69) is 54.0 Å². The Hall–Kier alpha value is -2.49. The molecule has 1 unspecified atom stereocenters. The lowest BCUT2D eigenvalue weighted by Crippen LogP contribution is -2.49. The second-order valence-electron chi connectivity index (χ2n) is 7.79. The van der Waals surface area contributed by atoms with Crippen LogP contribution in [0.3, 0.4) is 0 Å². The molecule has 1 amide bonds. The molecule has 2 aliphatic rings. The number of ether oxygens (including phenoxy) is 1. The van der Waals surface area contributed by atoms with Crippen LogP contribution in [0, 0.1) is 6.92 Å². The van der Waals surface area contributed by atoms with E-state index in [9.17, 15) is 4.79 Å². The minimum atomic E-state index is -0.238. The summed E-state index contributed by atoms with van der Waals surface area (Å²) in [5, 5.41) is 19.0. The SMILES string of the molecule is Cc1nc(CCn2c(C3CCC(=O)N3)nnc2N2CCOC(C)(C)C2)n[nH]1. The first kappa shape index (κ1) is 17.9. The molecule has 0 bridgehead atoms. The molecule has 0 aliphatic carbocycles. The van der Waals surface area contributed by atoms with Gasteiger partial charge >= 0.3 is 0 Å². The molecule has 0 aromatic carbocycles. The molecule has 146 valence electrons. The summed E-state index contributed by atoms with van der Waals surface area (Å²) in [6, 6.07) is -0.0957. The van der Waals surface area contributed by atoms with Crippen LogP contribution in [-0.4, -0.2) is 61.2 Å². The molecule has 2 N–H and O–H groups in total. The van der Waals surface area contributed by atoms with Crippen molar-refractivity contribution in [3.63, 3.8) is 0 Å². The number of carbonyl (C=O) groups excluding carboxylic acids is 1. The Morgan fingerprint density at radius 1 is 1.33 bits per heavy atom. The van der Waals surface area contributed by atoms with Crippen LogP contribution in [0.15, 0.2) is 0 Å². The van der Waals surface area contributed by atoms with Crippen molar-refractivity contribution in [3.05, 3.63) is 17.5 Å². The van der Waals surface area contributed by atoms with Crippen LogP contribution in [0.5, 0.6) is 0 Å². The Kier molecular flexibility index (Phi) is 4.58. The number of aromatic amines is 1. The number of aromatic nitrogens is 6. The lowest BCUT2D eigenvalue weighted by molar-refractivity contribution is -0.119. The Labute approximate surface area is 157 Å². The molecule has 2 aliphatic heterocycles. The van der Waals surface area contributed by atoms with Gasteiger partial charge in [0, 0.05) is 32.5 Å². The molecule has 2 fully saturated rings. The van der Waals surface area contributed by atoms with E-state index >= 15 is 0 Å². The van der Waals surface area contributed by atoms with Crippen LogP contribution in [-0.2, 0) is 22.5 Å². The molecule has 1 atom stereocenters. The smallest absolute Gasteiger partial charge is 0.227 e. The quantitative estimate of drug-likeness (QED) is 0.784. The van der Waals surface area contributed by atoms with Gasteiger partial charge in [-0.2, -0.15) is 5.10 Å². The minimum absolute atomic E-state index is 0.0631. The minimum Gasteiger partial charge on any atom is -0.372 e. The van der Waals surface area contributed by atoms with E-state index in [1.165, 1.54) is 0 Å². The van der Waals surface area contributed by atoms with Gasteiger partial charge in [0.2, 0.25) is 11.9 Å². The number of hydrogen-bond donors (Lipinski definition) is 2. The van der Waals surface area contributed by atoms with E-state index in [4.69, 9.17) is 4.74 Å². The van der Waals surface area contributed by atoms with Gasteiger partial charge in [-0.25, -0.2) is 4.98 Å². The molecule has 2 aromatic rings. The van der Waals surface area contributed by atoms with Crippen molar-refractivity contribution in [2.75, 3.05) is 24.6 Å².